The molecule has 0 N–H and O–H groups in total. The van der Waals surface area contributed by atoms with Gasteiger partial charge in [0, 0.05) is 5.56 Å². The van der Waals surface area contributed by atoms with Gasteiger partial charge in [0.15, 0.2) is 5.82 Å². The highest BCUT2D eigenvalue weighted by Gasteiger charge is 2.34. The van der Waals surface area contributed by atoms with Gasteiger partial charge in [-0.1, -0.05) is 41.9 Å². The maximum absolute atomic E-state index is 13.2. The number of para-hydroxylation sites is 1. The van der Waals surface area contributed by atoms with E-state index in [-0.39, 0.29) is 11.4 Å². The standard InChI is InChI=1S/C15H9ClF3N3/c16-12-7-3-4-8-13(12)22-14(20-9-21-22)10-5-1-2-6-11(10)15(17,18)19/h1-9H. The van der Waals surface area contributed by atoms with Crippen molar-refractivity contribution in [3.63, 3.8) is 0 Å². The molecule has 22 heavy (non-hydrogen) atoms. The monoisotopic (exact) mass is 323 g/mol. The molecule has 3 nitrogen and oxygen atoms in total. The lowest BCUT2D eigenvalue weighted by atomic mass is 10.1. The molecular formula is C15H9ClF3N3. The molecule has 112 valence electrons. The molecule has 0 aliphatic carbocycles. The quantitative estimate of drug-likeness (QED) is 0.689. The molecule has 0 saturated carbocycles. The van der Waals surface area contributed by atoms with E-state index in [1.165, 1.54) is 29.2 Å². The van der Waals surface area contributed by atoms with Crippen molar-refractivity contribution in [3.8, 4) is 17.1 Å². The Bertz CT molecular complexity index is 812. The van der Waals surface area contributed by atoms with E-state index in [0.29, 0.717) is 10.7 Å². The smallest absolute Gasteiger partial charge is 0.215 e. The first-order valence-corrected chi connectivity index (χ1v) is 6.68. The second-order valence-corrected chi connectivity index (χ2v) is 4.90. The molecule has 7 heteroatoms. The summed E-state index contributed by atoms with van der Waals surface area (Å²) in [5.41, 5.74) is -0.350. The van der Waals surface area contributed by atoms with E-state index in [4.69, 9.17) is 11.6 Å². The van der Waals surface area contributed by atoms with Crippen LogP contribution in [0, 0.1) is 0 Å². The maximum atomic E-state index is 13.2. The molecule has 0 atom stereocenters. The van der Waals surface area contributed by atoms with E-state index in [1.807, 2.05) is 0 Å². The molecular weight excluding hydrogens is 315 g/mol. The van der Waals surface area contributed by atoms with Crippen LogP contribution in [0.1, 0.15) is 5.56 Å². The fourth-order valence-electron chi connectivity index (χ4n) is 2.15. The Kier molecular flexibility index (Phi) is 3.62. The van der Waals surface area contributed by atoms with Gasteiger partial charge >= 0.3 is 6.18 Å². The third-order valence-electron chi connectivity index (χ3n) is 3.10. The SMILES string of the molecule is FC(F)(F)c1ccccc1-c1ncnn1-c1ccccc1Cl. The van der Waals surface area contributed by atoms with Gasteiger partial charge in [0.1, 0.15) is 6.33 Å². The van der Waals surface area contributed by atoms with Gasteiger partial charge in [-0.3, -0.25) is 0 Å². The minimum absolute atomic E-state index is 0.0487. The average molecular weight is 324 g/mol. The van der Waals surface area contributed by atoms with Crippen molar-refractivity contribution in [3.05, 3.63) is 65.4 Å². The van der Waals surface area contributed by atoms with Gasteiger partial charge < -0.3 is 0 Å². The van der Waals surface area contributed by atoms with Crippen LogP contribution in [0.2, 0.25) is 5.02 Å². The van der Waals surface area contributed by atoms with Gasteiger partial charge in [0.25, 0.3) is 0 Å². The van der Waals surface area contributed by atoms with Crippen molar-refractivity contribution in [2.75, 3.05) is 0 Å². The fraction of sp³-hybridized carbons (Fsp3) is 0.0667. The highest BCUT2D eigenvalue weighted by Crippen LogP contribution is 2.37. The Morgan fingerprint density at radius 2 is 1.64 bits per heavy atom. The number of hydrogen-bond acceptors (Lipinski definition) is 2. The molecule has 3 aromatic rings. The van der Waals surface area contributed by atoms with Crippen LogP contribution in [0.15, 0.2) is 54.9 Å². The number of nitrogens with zero attached hydrogens (tertiary/aromatic N) is 3. The van der Waals surface area contributed by atoms with Crippen LogP contribution in [0.4, 0.5) is 13.2 Å². The molecule has 0 unspecified atom stereocenters. The predicted octanol–water partition coefficient (Wildman–Crippen LogP) is 4.61. The maximum Gasteiger partial charge on any atom is 0.417 e. The molecule has 0 amide bonds. The highest BCUT2D eigenvalue weighted by atomic mass is 35.5. The lowest BCUT2D eigenvalue weighted by molar-refractivity contribution is -0.137. The summed E-state index contributed by atoms with van der Waals surface area (Å²) in [6, 6.07) is 12.0. The summed E-state index contributed by atoms with van der Waals surface area (Å²) in [7, 11) is 0. The molecule has 2 aromatic carbocycles. The lowest BCUT2D eigenvalue weighted by Crippen LogP contribution is -2.09. The Morgan fingerprint density at radius 1 is 0.955 bits per heavy atom. The van der Waals surface area contributed by atoms with Crippen molar-refractivity contribution in [1.82, 2.24) is 14.8 Å². The highest BCUT2D eigenvalue weighted by molar-refractivity contribution is 6.32. The Balaban J connectivity index is 2.21. The zero-order chi connectivity index (χ0) is 15.7. The van der Waals surface area contributed by atoms with Gasteiger partial charge in [0.2, 0.25) is 0 Å². The lowest BCUT2D eigenvalue weighted by Gasteiger charge is -2.13. The molecule has 0 saturated heterocycles. The van der Waals surface area contributed by atoms with E-state index in [1.54, 1.807) is 24.3 Å². The number of halogens is 4. The fourth-order valence-corrected chi connectivity index (χ4v) is 2.37. The van der Waals surface area contributed by atoms with Crippen LogP contribution in [0.3, 0.4) is 0 Å². The minimum atomic E-state index is -4.48. The predicted molar refractivity (Wildman–Crippen MR) is 76.8 cm³/mol. The average Bonchev–Trinajstić information content (AvgIpc) is 2.96. The van der Waals surface area contributed by atoms with Crippen molar-refractivity contribution < 1.29 is 13.2 Å². The van der Waals surface area contributed by atoms with Crippen molar-refractivity contribution in [2.24, 2.45) is 0 Å². The molecule has 0 bridgehead atoms. The van der Waals surface area contributed by atoms with Crippen LogP contribution >= 0.6 is 11.6 Å². The molecule has 1 aromatic heterocycles. The van der Waals surface area contributed by atoms with Crippen LogP contribution in [0.25, 0.3) is 17.1 Å². The van der Waals surface area contributed by atoms with Crippen LogP contribution in [-0.4, -0.2) is 14.8 Å². The minimum Gasteiger partial charge on any atom is -0.215 e. The Morgan fingerprint density at radius 3 is 2.36 bits per heavy atom. The topological polar surface area (TPSA) is 30.7 Å². The number of rotatable bonds is 2. The Hall–Kier alpha value is -2.34. The Labute approximate surface area is 129 Å². The molecule has 0 radical (unpaired) electrons. The number of benzene rings is 2. The molecule has 0 aliphatic rings. The summed E-state index contributed by atoms with van der Waals surface area (Å²) in [6.07, 6.45) is -3.28. The summed E-state index contributed by atoms with van der Waals surface area (Å²) in [5, 5.41) is 4.37. The summed E-state index contributed by atoms with van der Waals surface area (Å²) in [5.74, 6) is 0.0843. The van der Waals surface area contributed by atoms with Gasteiger partial charge in [-0.15, -0.1) is 0 Å². The van der Waals surface area contributed by atoms with Gasteiger partial charge in [0.05, 0.1) is 16.3 Å². The van der Waals surface area contributed by atoms with Crippen molar-refractivity contribution in [1.29, 1.82) is 0 Å². The molecule has 0 spiro atoms. The first kappa shape index (κ1) is 14.6. The zero-order valence-electron chi connectivity index (χ0n) is 11.0. The third-order valence-corrected chi connectivity index (χ3v) is 3.42. The van der Waals surface area contributed by atoms with E-state index >= 15 is 0 Å². The molecule has 0 fully saturated rings. The molecule has 0 aliphatic heterocycles. The third kappa shape index (κ3) is 2.57. The van der Waals surface area contributed by atoms with Gasteiger partial charge in [-0.05, 0) is 18.2 Å². The van der Waals surface area contributed by atoms with E-state index in [9.17, 15) is 13.2 Å². The molecule has 1 heterocycles. The van der Waals surface area contributed by atoms with Gasteiger partial charge in [-0.25, -0.2) is 9.67 Å². The summed E-state index contributed by atoms with van der Waals surface area (Å²) >= 11 is 6.09. The molecule has 3 rings (SSSR count). The number of aromatic nitrogens is 3. The first-order chi connectivity index (χ1) is 10.5. The van der Waals surface area contributed by atoms with Crippen LogP contribution in [0.5, 0.6) is 0 Å². The second kappa shape index (κ2) is 5.46. The van der Waals surface area contributed by atoms with Crippen LogP contribution in [-0.2, 0) is 6.18 Å². The number of alkyl halides is 3. The largest absolute Gasteiger partial charge is 0.417 e. The van der Waals surface area contributed by atoms with Crippen LogP contribution < -0.4 is 0 Å². The van der Waals surface area contributed by atoms with Crippen molar-refractivity contribution in [2.45, 2.75) is 6.18 Å². The zero-order valence-corrected chi connectivity index (χ0v) is 11.8. The first-order valence-electron chi connectivity index (χ1n) is 6.30. The van der Waals surface area contributed by atoms with E-state index in [2.05, 4.69) is 10.1 Å². The van der Waals surface area contributed by atoms with Gasteiger partial charge in [-0.2, -0.15) is 18.3 Å². The summed E-state index contributed by atoms with van der Waals surface area (Å²) in [6.45, 7) is 0. The summed E-state index contributed by atoms with van der Waals surface area (Å²) in [4.78, 5) is 3.97. The normalized spacial score (nSPS) is 11.6. The van der Waals surface area contributed by atoms with E-state index < -0.39 is 11.7 Å². The van der Waals surface area contributed by atoms with E-state index in [0.717, 1.165) is 6.07 Å². The number of hydrogen-bond donors (Lipinski definition) is 0. The summed E-state index contributed by atoms with van der Waals surface area (Å²) < 4.78 is 40.8. The van der Waals surface area contributed by atoms with Crippen molar-refractivity contribution >= 4 is 11.6 Å². The second-order valence-electron chi connectivity index (χ2n) is 4.49.